The number of benzene rings is 2. The van der Waals surface area contributed by atoms with E-state index in [0.717, 1.165) is 24.3 Å². The van der Waals surface area contributed by atoms with Crippen LogP contribution in [-0.2, 0) is 9.59 Å². The summed E-state index contributed by atoms with van der Waals surface area (Å²) in [6, 6.07) is 19.7. The zero-order valence-electron chi connectivity index (χ0n) is 17.3. The van der Waals surface area contributed by atoms with Crippen LogP contribution >= 0.6 is 11.3 Å². The number of hydrogen-bond acceptors (Lipinski definition) is 5. The lowest BCUT2D eigenvalue weighted by atomic mass is 10.2. The lowest BCUT2D eigenvalue weighted by Crippen LogP contribution is -2.30. The molecule has 2 heterocycles. The molecule has 1 atom stereocenters. The van der Waals surface area contributed by atoms with E-state index >= 15 is 0 Å². The number of rotatable bonds is 6. The minimum atomic E-state index is -0.110. The SMILES string of the molecule is CC(=O)N(c1ccccc1)c1nc(/C=C/C(=O)N2CCC(Nc3ccccc3)C2)cs1. The van der Waals surface area contributed by atoms with E-state index in [0.29, 0.717) is 17.4 Å². The molecule has 2 amide bonds. The van der Waals surface area contributed by atoms with Gasteiger partial charge in [0, 0.05) is 43.2 Å². The summed E-state index contributed by atoms with van der Waals surface area (Å²) in [5, 5.41) is 5.91. The van der Waals surface area contributed by atoms with Gasteiger partial charge in [0.2, 0.25) is 11.8 Å². The Balaban J connectivity index is 1.37. The molecule has 1 aliphatic heterocycles. The van der Waals surface area contributed by atoms with E-state index in [1.807, 2.05) is 70.9 Å². The van der Waals surface area contributed by atoms with Crippen molar-refractivity contribution in [3.63, 3.8) is 0 Å². The van der Waals surface area contributed by atoms with Crippen LogP contribution in [0.5, 0.6) is 0 Å². The Morgan fingerprint density at radius 1 is 1.13 bits per heavy atom. The maximum absolute atomic E-state index is 12.6. The summed E-state index contributed by atoms with van der Waals surface area (Å²) in [5.41, 5.74) is 2.50. The number of likely N-dealkylation sites (tertiary alicyclic amines) is 1. The van der Waals surface area contributed by atoms with E-state index in [-0.39, 0.29) is 17.9 Å². The highest BCUT2D eigenvalue weighted by Crippen LogP contribution is 2.29. The van der Waals surface area contributed by atoms with E-state index < -0.39 is 0 Å². The molecule has 1 fully saturated rings. The van der Waals surface area contributed by atoms with Crippen LogP contribution in [-0.4, -0.2) is 40.8 Å². The average molecular weight is 433 g/mol. The fraction of sp³-hybridized carbons (Fsp3) is 0.208. The fourth-order valence-corrected chi connectivity index (χ4v) is 4.42. The van der Waals surface area contributed by atoms with Crippen molar-refractivity contribution in [2.24, 2.45) is 0 Å². The molecule has 4 rings (SSSR count). The summed E-state index contributed by atoms with van der Waals surface area (Å²) in [4.78, 5) is 32.7. The molecule has 0 radical (unpaired) electrons. The van der Waals surface area contributed by atoms with Gasteiger partial charge >= 0.3 is 0 Å². The van der Waals surface area contributed by atoms with Crippen LogP contribution in [0.1, 0.15) is 19.0 Å². The molecule has 1 unspecified atom stereocenters. The van der Waals surface area contributed by atoms with Gasteiger partial charge in [-0.05, 0) is 36.8 Å². The third-order valence-electron chi connectivity index (χ3n) is 5.07. The lowest BCUT2D eigenvalue weighted by molar-refractivity contribution is -0.125. The van der Waals surface area contributed by atoms with Gasteiger partial charge in [0.1, 0.15) is 0 Å². The van der Waals surface area contributed by atoms with Crippen LogP contribution in [0.4, 0.5) is 16.5 Å². The van der Waals surface area contributed by atoms with E-state index in [4.69, 9.17) is 0 Å². The Morgan fingerprint density at radius 3 is 2.55 bits per heavy atom. The zero-order chi connectivity index (χ0) is 21.6. The van der Waals surface area contributed by atoms with Crippen molar-refractivity contribution in [3.8, 4) is 0 Å². The molecule has 2 aromatic carbocycles. The molecule has 158 valence electrons. The molecule has 1 aromatic heterocycles. The first kappa shape index (κ1) is 20.8. The van der Waals surface area contributed by atoms with Gasteiger partial charge in [0.05, 0.1) is 11.4 Å². The number of aromatic nitrogens is 1. The van der Waals surface area contributed by atoms with Crippen molar-refractivity contribution < 1.29 is 9.59 Å². The van der Waals surface area contributed by atoms with Gasteiger partial charge in [-0.15, -0.1) is 11.3 Å². The van der Waals surface area contributed by atoms with Crippen molar-refractivity contribution in [1.82, 2.24) is 9.88 Å². The smallest absolute Gasteiger partial charge is 0.246 e. The second-order valence-electron chi connectivity index (χ2n) is 7.36. The van der Waals surface area contributed by atoms with Gasteiger partial charge in [-0.1, -0.05) is 36.4 Å². The van der Waals surface area contributed by atoms with Crippen LogP contribution in [0, 0.1) is 0 Å². The minimum absolute atomic E-state index is 0.0293. The second-order valence-corrected chi connectivity index (χ2v) is 8.20. The summed E-state index contributed by atoms with van der Waals surface area (Å²) in [6.45, 7) is 2.91. The van der Waals surface area contributed by atoms with Crippen LogP contribution < -0.4 is 10.2 Å². The molecule has 3 aromatic rings. The summed E-state index contributed by atoms with van der Waals surface area (Å²) >= 11 is 1.37. The normalized spacial score (nSPS) is 15.9. The molecule has 31 heavy (non-hydrogen) atoms. The van der Waals surface area contributed by atoms with Crippen molar-refractivity contribution in [2.45, 2.75) is 19.4 Å². The average Bonchev–Trinajstić information content (AvgIpc) is 3.43. The van der Waals surface area contributed by atoms with Crippen LogP contribution in [0.3, 0.4) is 0 Å². The molecule has 0 saturated carbocycles. The largest absolute Gasteiger partial charge is 0.380 e. The number of thiazole rings is 1. The van der Waals surface area contributed by atoms with Gasteiger partial charge in [0.15, 0.2) is 5.13 Å². The van der Waals surface area contributed by atoms with E-state index in [2.05, 4.69) is 10.3 Å². The molecule has 1 saturated heterocycles. The van der Waals surface area contributed by atoms with Gasteiger partial charge < -0.3 is 10.2 Å². The number of carbonyl (C=O) groups is 2. The molecular formula is C24H24N4O2S. The van der Waals surface area contributed by atoms with Crippen LogP contribution in [0.25, 0.3) is 6.08 Å². The summed E-state index contributed by atoms with van der Waals surface area (Å²) in [7, 11) is 0. The highest BCUT2D eigenvalue weighted by Gasteiger charge is 2.25. The molecule has 0 aliphatic carbocycles. The Labute approximate surface area is 185 Å². The van der Waals surface area contributed by atoms with Gasteiger partial charge in [-0.25, -0.2) is 4.98 Å². The monoisotopic (exact) mass is 432 g/mol. The number of carbonyl (C=O) groups excluding carboxylic acids is 2. The molecule has 1 N–H and O–H groups in total. The van der Waals surface area contributed by atoms with Gasteiger partial charge in [-0.2, -0.15) is 0 Å². The molecule has 7 heteroatoms. The van der Waals surface area contributed by atoms with Crippen molar-refractivity contribution in [1.29, 1.82) is 0 Å². The molecule has 1 aliphatic rings. The molecule has 6 nitrogen and oxygen atoms in total. The maximum atomic E-state index is 12.6. The van der Waals surface area contributed by atoms with Crippen LogP contribution in [0.15, 0.2) is 72.1 Å². The van der Waals surface area contributed by atoms with E-state index in [9.17, 15) is 9.59 Å². The predicted octanol–water partition coefficient (Wildman–Crippen LogP) is 4.55. The first-order valence-electron chi connectivity index (χ1n) is 10.2. The number of para-hydroxylation sites is 2. The van der Waals surface area contributed by atoms with Gasteiger partial charge in [-0.3, -0.25) is 14.5 Å². The highest BCUT2D eigenvalue weighted by atomic mass is 32.1. The third kappa shape index (κ3) is 5.19. The van der Waals surface area contributed by atoms with Crippen molar-refractivity contribution in [2.75, 3.05) is 23.3 Å². The van der Waals surface area contributed by atoms with Crippen molar-refractivity contribution >= 4 is 45.7 Å². The minimum Gasteiger partial charge on any atom is -0.380 e. The number of nitrogens with zero attached hydrogens (tertiary/aromatic N) is 3. The van der Waals surface area contributed by atoms with Crippen molar-refractivity contribution in [3.05, 3.63) is 77.8 Å². The summed E-state index contributed by atoms with van der Waals surface area (Å²) in [5.74, 6) is -0.139. The Hall–Kier alpha value is -3.45. The lowest BCUT2D eigenvalue weighted by Gasteiger charge is -2.17. The first-order chi connectivity index (χ1) is 15.1. The first-order valence-corrected chi connectivity index (χ1v) is 11.1. The van der Waals surface area contributed by atoms with E-state index in [1.165, 1.54) is 18.3 Å². The third-order valence-corrected chi connectivity index (χ3v) is 5.92. The van der Waals surface area contributed by atoms with Gasteiger partial charge in [0.25, 0.3) is 0 Å². The summed E-state index contributed by atoms with van der Waals surface area (Å²) < 4.78 is 0. The number of nitrogens with one attached hydrogen (secondary N) is 1. The van der Waals surface area contributed by atoms with Crippen LogP contribution in [0.2, 0.25) is 0 Å². The zero-order valence-corrected chi connectivity index (χ0v) is 18.1. The standard InChI is InChI=1S/C24H24N4O2S/c1-18(29)28(22-10-6-3-7-11-22)24-26-21(17-31-24)12-13-23(30)27-15-14-20(16-27)25-19-8-4-2-5-9-19/h2-13,17,20,25H,14-16H2,1H3/b13-12+. The maximum Gasteiger partial charge on any atom is 0.246 e. The number of hydrogen-bond donors (Lipinski definition) is 1. The second kappa shape index (κ2) is 9.57. The van der Waals surface area contributed by atoms with E-state index in [1.54, 1.807) is 17.1 Å². The predicted molar refractivity (Wildman–Crippen MR) is 125 cm³/mol. The number of amides is 2. The Bertz CT molecular complexity index is 1070. The molecule has 0 bridgehead atoms. The molecular weight excluding hydrogens is 408 g/mol. The fourth-order valence-electron chi connectivity index (χ4n) is 3.57. The topological polar surface area (TPSA) is 65.5 Å². The highest BCUT2D eigenvalue weighted by molar-refractivity contribution is 7.14. The molecule has 0 spiro atoms. The Kier molecular flexibility index (Phi) is 6.43. The summed E-state index contributed by atoms with van der Waals surface area (Å²) in [6.07, 6.45) is 4.19. The number of anilines is 3. The Morgan fingerprint density at radius 2 is 1.84 bits per heavy atom. The quantitative estimate of drug-likeness (QED) is 0.580.